The Kier molecular flexibility index (Phi) is 7.56. The monoisotopic (exact) mass is 501 g/mol. The molecular weight excluding hydrogens is 466 g/mol. The molecule has 37 heavy (non-hydrogen) atoms. The third-order valence-corrected chi connectivity index (χ3v) is 7.26. The van der Waals surface area contributed by atoms with E-state index in [0.717, 1.165) is 59.6 Å². The lowest BCUT2D eigenvalue weighted by atomic mass is 9.84. The van der Waals surface area contributed by atoms with Gasteiger partial charge >= 0.3 is 0 Å². The Morgan fingerprint density at radius 2 is 1.59 bits per heavy atom. The van der Waals surface area contributed by atoms with Gasteiger partial charge in [0, 0.05) is 35.4 Å². The lowest BCUT2D eigenvalue weighted by Crippen LogP contribution is -2.33. The van der Waals surface area contributed by atoms with Gasteiger partial charge in [0.25, 0.3) is 0 Å². The largest absolute Gasteiger partial charge is 0.508 e. The van der Waals surface area contributed by atoms with Gasteiger partial charge in [-0.15, -0.1) is 0 Å². The number of aromatic hydroxyl groups is 2. The molecule has 1 saturated heterocycles. The average Bonchev–Trinajstić information content (AvgIpc) is 2.93. The number of phenolic OH excluding ortho intramolecular Hbond substituents is 2. The summed E-state index contributed by atoms with van der Waals surface area (Å²) < 4.78 is 18.3. The quantitative estimate of drug-likeness (QED) is 0.371. The van der Waals surface area contributed by atoms with Crippen molar-refractivity contribution in [1.82, 2.24) is 4.90 Å². The number of methoxy groups -OCH3 is 1. The summed E-state index contributed by atoms with van der Waals surface area (Å²) in [5.41, 5.74) is 4.86. The molecule has 0 unspecified atom stereocenters. The molecule has 3 aromatic carbocycles. The van der Waals surface area contributed by atoms with E-state index in [9.17, 15) is 10.2 Å². The topological polar surface area (TPSA) is 71.4 Å². The van der Waals surface area contributed by atoms with Crippen LogP contribution in [0.15, 0.2) is 60.7 Å². The highest BCUT2D eigenvalue weighted by Crippen LogP contribution is 2.50. The minimum Gasteiger partial charge on any atom is -0.508 e. The number of likely N-dealkylation sites (tertiary alicyclic amines) is 1. The van der Waals surface area contributed by atoms with Crippen molar-refractivity contribution in [3.8, 4) is 28.7 Å². The van der Waals surface area contributed by atoms with Crippen molar-refractivity contribution in [3.63, 3.8) is 0 Å². The summed E-state index contributed by atoms with van der Waals surface area (Å²) in [4.78, 5) is 2.47. The van der Waals surface area contributed by atoms with E-state index >= 15 is 0 Å². The molecular formula is C31H35NO5. The van der Waals surface area contributed by atoms with Crippen molar-refractivity contribution in [2.45, 2.75) is 38.7 Å². The fourth-order valence-corrected chi connectivity index (χ4v) is 5.38. The SMILES string of the molecule is CCC1=C(c2ccc(O)cc2OC)[C@@H](c2ccc(OCCN3CCCCC3)cc2)Oc2cc(O)ccc21. The highest BCUT2D eigenvalue weighted by Gasteiger charge is 2.32. The lowest BCUT2D eigenvalue weighted by Gasteiger charge is -2.32. The Balaban J connectivity index is 1.47. The summed E-state index contributed by atoms with van der Waals surface area (Å²) >= 11 is 0. The number of phenols is 2. The van der Waals surface area contributed by atoms with Crippen LogP contribution in [0.3, 0.4) is 0 Å². The van der Waals surface area contributed by atoms with Crippen LogP contribution in [0.4, 0.5) is 0 Å². The number of nitrogens with zero attached hydrogens (tertiary/aromatic N) is 1. The van der Waals surface area contributed by atoms with Crippen molar-refractivity contribution in [2.24, 2.45) is 0 Å². The van der Waals surface area contributed by atoms with E-state index in [2.05, 4.69) is 11.8 Å². The van der Waals surface area contributed by atoms with E-state index < -0.39 is 6.10 Å². The molecule has 0 amide bonds. The average molecular weight is 502 g/mol. The predicted molar refractivity (Wildman–Crippen MR) is 145 cm³/mol. The molecule has 0 aromatic heterocycles. The Labute approximate surface area is 218 Å². The Morgan fingerprint density at radius 1 is 0.892 bits per heavy atom. The van der Waals surface area contributed by atoms with Gasteiger partial charge in [0.2, 0.25) is 0 Å². The number of ether oxygens (including phenoxy) is 3. The molecule has 6 heteroatoms. The maximum atomic E-state index is 10.1. The van der Waals surface area contributed by atoms with Crippen LogP contribution in [0.5, 0.6) is 28.7 Å². The Morgan fingerprint density at radius 3 is 2.30 bits per heavy atom. The van der Waals surface area contributed by atoms with Crippen LogP contribution >= 0.6 is 0 Å². The zero-order chi connectivity index (χ0) is 25.8. The van der Waals surface area contributed by atoms with Crippen molar-refractivity contribution in [1.29, 1.82) is 0 Å². The maximum Gasteiger partial charge on any atom is 0.150 e. The summed E-state index contributed by atoms with van der Waals surface area (Å²) in [5.74, 6) is 2.36. The molecule has 5 rings (SSSR count). The van der Waals surface area contributed by atoms with Gasteiger partial charge in [-0.2, -0.15) is 0 Å². The first-order chi connectivity index (χ1) is 18.1. The number of hydrogen-bond donors (Lipinski definition) is 2. The fourth-order valence-electron chi connectivity index (χ4n) is 5.38. The normalized spacial score (nSPS) is 17.7. The molecule has 0 radical (unpaired) electrons. The van der Waals surface area contributed by atoms with Crippen molar-refractivity contribution in [2.75, 3.05) is 33.4 Å². The molecule has 2 aliphatic rings. The second-order valence-corrected chi connectivity index (χ2v) is 9.63. The van der Waals surface area contributed by atoms with Gasteiger partial charge in [0.1, 0.15) is 41.5 Å². The Bertz CT molecular complexity index is 1260. The van der Waals surface area contributed by atoms with Crippen LogP contribution in [0.25, 0.3) is 11.1 Å². The van der Waals surface area contributed by atoms with E-state index in [1.54, 1.807) is 31.4 Å². The number of benzene rings is 3. The minimum atomic E-state index is -0.426. The Hall–Kier alpha value is -3.64. The molecule has 2 N–H and O–H groups in total. The van der Waals surface area contributed by atoms with Crippen LogP contribution in [0.1, 0.15) is 55.4 Å². The van der Waals surface area contributed by atoms with Gasteiger partial charge in [-0.05, 0) is 79.9 Å². The van der Waals surface area contributed by atoms with Crippen molar-refractivity contribution >= 4 is 11.1 Å². The summed E-state index contributed by atoms with van der Waals surface area (Å²) in [6.07, 6.45) is 4.22. The van der Waals surface area contributed by atoms with Gasteiger partial charge in [-0.3, -0.25) is 4.90 Å². The number of rotatable bonds is 8. The number of allylic oxidation sites excluding steroid dienone is 1. The highest BCUT2D eigenvalue weighted by atomic mass is 16.5. The second-order valence-electron chi connectivity index (χ2n) is 9.63. The summed E-state index contributed by atoms with van der Waals surface area (Å²) in [5, 5.41) is 20.2. The number of piperidine rings is 1. The van der Waals surface area contributed by atoms with Crippen molar-refractivity contribution < 1.29 is 24.4 Å². The molecule has 0 saturated carbocycles. The van der Waals surface area contributed by atoms with Crippen LogP contribution in [0, 0.1) is 0 Å². The molecule has 0 aliphatic carbocycles. The van der Waals surface area contributed by atoms with Crippen LogP contribution in [-0.2, 0) is 0 Å². The van der Waals surface area contributed by atoms with Gasteiger partial charge < -0.3 is 24.4 Å². The van der Waals surface area contributed by atoms with E-state index in [1.807, 2.05) is 36.4 Å². The standard InChI is InChI=1S/C31H35NO5/c1-3-25-26-13-9-23(34)20-29(26)37-31(30(25)27-14-10-22(33)19-28(27)35-2)21-7-11-24(12-8-21)36-18-17-32-15-5-4-6-16-32/h7-14,19-20,31,33-34H,3-6,15-18H2,1-2H3/t31-/m1/s1. The molecule has 6 nitrogen and oxygen atoms in total. The number of hydrogen-bond acceptors (Lipinski definition) is 6. The number of fused-ring (bicyclic) bond motifs is 1. The van der Waals surface area contributed by atoms with Crippen LogP contribution in [-0.4, -0.2) is 48.5 Å². The van der Waals surface area contributed by atoms with E-state index in [-0.39, 0.29) is 11.5 Å². The predicted octanol–water partition coefficient (Wildman–Crippen LogP) is 6.43. The summed E-state index contributed by atoms with van der Waals surface area (Å²) in [6, 6.07) is 18.5. The summed E-state index contributed by atoms with van der Waals surface area (Å²) in [6.45, 7) is 6.05. The highest BCUT2D eigenvalue weighted by molar-refractivity contribution is 5.97. The lowest BCUT2D eigenvalue weighted by molar-refractivity contribution is 0.183. The van der Waals surface area contributed by atoms with Crippen LogP contribution < -0.4 is 14.2 Å². The first kappa shape index (κ1) is 25.0. The van der Waals surface area contributed by atoms with Gasteiger partial charge in [0.15, 0.2) is 0 Å². The van der Waals surface area contributed by atoms with Gasteiger partial charge in [-0.1, -0.05) is 25.5 Å². The molecule has 194 valence electrons. The first-order valence-electron chi connectivity index (χ1n) is 13.1. The third kappa shape index (κ3) is 5.39. The van der Waals surface area contributed by atoms with Gasteiger partial charge in [0.05, 0.1) is 7.11 Å². The molecule has 0 spiro atoms. The zero-order valence-electron chi connectivity index (χ0n) is 21.6. The minimum absolute atomic E-state index is 0.143. The molecule has 3 aromatic rings. The van der Waals surface area contributed by atoms with Crippen molar-refractivity contribution in [3.05, 3.63) is 77.4 Å². The molecule has 1 atom stereocenters. The van der Waals surface area contributed by atoms with Crippen LogP contribution in [0.2, 0.25) is 0 Å². The fraction of sp³-hybridized carbons (Fsp3) is 0.355. The molecule has 2 heterocycles. The summed E-state index contributed by atoms with van der Waals surface area (Å²) in [7, 11) is 1.60. The first-order valence-corrected chi connectivity index (χ1v) is 13.1. The smallest absolute Gasteiger partial charge is 0.150 e. The van der Waals surface area contributed by atoms with E-state index in [0.29, 0.717) is 18.1 Å². The van der Waals surface area contributed by atoms with E-state index in [1.165, 1.54) is 19.3 Å². The van der Waals surface area contributed by atoms with Gasteiger partial charge in [-0.25, -0.2) is 0 Å². The molecule has 0 bridgehead atoms. The second kappa shape index (κ2) is 11.2. The third-order valence-electron chi connectivity index (χ3n) is 7.26. The maximum absolute atomic E-state index is 10.1. The van der Waals surface area contributed by atoms with E-state index in [4.69, 9.17) is 14.2 Å². The molecule has 1 fully saturated rings. The molecule has 2 aliphatic heterocycles. The zero-order valence-corrected chi connectivity index (χ0v) is 21.6.